The summed E-state index contributed by atoms with van der Waals surface area (Å²) in [6.45, 7) is 6.38. The summed E-state index contributed by atoms with van der Waals surface area (Å²) in [6.07, 6.45) is 8.00. The lowest BCUT2D eigenvalue weighted by Gasteiger charge is -2.48. The Kier molecular flexibility index (Phi) is 4.83. The van der Waals surface area contributed by atoms with Gasteiger partial charge in [0.1, 0.15) is 23.0 Å². The number of hydrogen-bond donors (Lipinski definition) is 0. The van der Waals surface area contributed by atoms with E-state index in [0.29, 0.717) is 23.5 Å². The molecule has 3 aromatic rings. The van der Waals surface area contributed by atoms with Gasteiger partial charge < -0.3 is 9.15 Å². The van der Waals surface area contributed by atoms with Crippen LogP contribution in [0.5, 0.6) is 11.5 Å². The molecule has 2 saturated carbocycles. The van der Waals surface area contributed by atoms with Gasteiger partial charge in [-0.2, -0.15) is 0 Å². The van der Waals surface area contributed by atoms with Crippen LogP contribution < -0.4 is 4.74 Å². The van der Waals surface area contributed by atoms with Crippen molar-refractivity contribution < 1.29 is 13.9 Å². The van der Waals surface area contributed by atoms with Gasteiger partial charge in [-0.25, -0.2) is 0 Å². The molecule has 0 saturated heterocycles. The molecule has 2 aromatic carbocycles. The summed E-state index contributed by atoms with van der Waals surface area (Å²) in [7, 11) is 0. The average Bonchev–Trinajstić information content (AvgIpc) is 3.47. The number of carbonyl (C=O) groups is 1. The number of ether oxygens (including phenoxy) is 1. The summed E-state index contributed by atoms with van der Waals surface area (Å²) in [5, 5.41) is 0. The minimum atomic E-state index is -0.0594. The molecule has 0 unspecified atom stereocenters. The van der Waals surface area contributed by atoms with E-state index in [1.165, 1.54) is 17.5 Å². The zero-order chi connectivity index (χ0) is 22.6. The van der Waals surface area contributed by atoms with Crippen molar-refractivity contribution in [3.63, 3.8) is 0 Å². The van der Waals surface area contributed by atoms with Gasteiger partial charge in [0.05, 0.1) is 6.26 Å². The van der Waals surface area contributed by atoms with E-state index in [2.05, 4.69) is 31.7 Å². The summed E-state index contributed by atoms with van der Waals surface area (Å²) in [4.78, 5) is 12.6. The van der Waals surface area contributed by atoms with Gasteiger partial charge >= 0.3 is 0 Å². The van der Waals surface area contributed by atoms with Crippen LogP contribution in [-0.4, -0.2) is 5.78 Å². The molecule has 1 heterocycles. The van der Waals surface area contributed by atoms with Crippen molar-refractivity contribution in [3.8, 4) is 11.5 Å². The van der Waals surface area contributed by atoms with Crippen LogP contribution in [-0.2, 0) is 11.2 Å². The first-order chi connectivity index (χ1) is 16.0. The van der Waals surface area contributed by atoms with Gasteiger partial charge in [-0.15, -0.1) is 0 Å². The van der Waals surface area contributed by atoms with Crippen LogP contribution in [0.1, 0.15) is 67.4 Å². The van der Waals surface area contributed by atoms with Crippen molar-refractivity contribution >= 4 is 11.4 Å². The minimum Gasteiger partial charge on any atom is -0.464 e. The molecule has 0 spiro atoms. The molecule has 0 radical (unpaired) electrons. The highest BCUT2D eigenvalue weighted by atomic mass is 16.5. The van der Waals surface area contributed by atoms with E-state index in [0.717, 1.165) is 60.5 Å². The standard InChI is InChI=1S/C30H30O3/c1-19(28-4-3-17-32-28)20-5-8-22(9-6-20)33-23-10-12-24-21(18-23)7-11-26-25(24)15-16-30(2)27(26)13-14-29(30)31/h3-6,8-10,12,17-18,25-27H,1,7,11,13-16H2,2H3/t25-,26-,27+,30+/m1/s1. The third kappa shape index (κ3) is 3.37. The Balaban J connectivity index is 1.19. The Bertz CT molecular complexity index is 1200. The second-order valence-electron chi connectivity index (χ2n) is 10.3. The van der Waals surface area contributed by atoms with Crippen LogP contribution in [0.3, 0.4) is 0 Å². The Hall–Kier alpha value is -3.07. The van der Waals surface area contributed by atoms with Crippen LogP contribution in [0.2, 0.25) is 0 Å². The summed E-state index contributed by atoms with van der Waals surface area (Å²) in [6, 6.07) is 18.4. The molecule has 6 rings (SSSR count). The molecular weight excluding hydrogens is 408 g/mol. The fourth-order valence-electron chi connectivity index (χ4n) is 6.85. The maximum atomic E-state index is 12.6. The van der Waals surface area contributed by atoms with Crippen LogP contribution in [0, 0.1) is 17.3 Å². The Morgan fingerprint density at radius 2 is 1.85 bits per heavy atom. The molecule has 0 amide bonds. The van der Waals surface area contributed by atoms with Gasteiger partial charge in [-0.05, 0) is 103 Å². The zero-order valence-corrected chi connectivity index (χ0v) is 19.2. The van der Waals surface area contributed by atoms with Gasteiger partial charge in [-0.3, -0.25) is 4.79 Å². The lowest BCUT2D eigenvalue weighted by molar-refractivity contribution is -0.129. The van der Waals surface area contributed by atoms with Crippen molar-refractivity contribution in [3.05, 3.63) is 89.9 Å². The van der Waals surface area contributed by atoms with Gasteiger partial charge in [0.25, 0.3) is 0 Å². The molecule has 3 heteroatoms. The average molecular weight is 439 g/mol. The predicted octanol–water partition coefficient (Wildman–Crippen LogP) is 7.56. The van der Waals surface area contributed by atoms with Crippen LogP contribution >= 0.6 is 0 Å². The topological polar surface area (TPSA) is 39.4 Å². The molecule has 0 bridgehead atoms. The van der Waals surface area contributed by atoms with Crippen LogP contribution in [0.15, 0.2) is 71.9 Å². The number of hydrogen-bond acceptors (Lipinski definition) is 3. The van der Waals surface area contributed by atoms with E-state index in [9.17, 15) is 4.79 Å². The number of aryl methyl sites for hydroxylation is 1. The van der Waals surface area contributed by atoms with E-state index in [1.807, 2.05) is 36.4 Å². The van der Waals surface area contributed by atoms with Gasteiger partial charge in [0.15, 0.2) is 0 Å². The highest BCUT2D eigenvalue weighted by Crippen LogP contribution is 2.59. The molecule has 2 fully saturated rings. The number of fused-ring (bicyclic) bond motifs is 5. The molecule has 0 aliphatic heterocycles. The van der Waals surface area contributed by atoms with E-state index in [4.69, 9.17) is 9.15 Å². The molecule has 3 nitrogen and oxygen atoms in total. The third-order valence-electron chi connectivity index (χ3n) is 8.66. The lowest BCUT2D eigenvalue weighted by atomic mass is 9.55. The molecule has 168 valence electrons. The van der Waals surface area contributed by atoms with Gasteiger partial charge in [0, 0.05) is 17.4 Å². The Morgan fingerprint density at radius 3 is 2.64 bits per heavy atom. The highest BCUT2D eigenvalue weighted by Gasteiger charge is 2.54. The highest BCUT2D eigenvalue weighted by molar-refractivity contribution is 5.87. The van der Waals surface area contributed by atoms with Crippen LogP contribution in [0.4, 0.5) is 0 Å². The maximum absolute atomic E-state index is 12.6. The second kappa shape index (κ2) is 7.76. The first-order valence-corrected chi connectivity index (χ1v) is 12.2. The first-order valence-electron chi connectivity index (χ1n) is 12.2. The molecule has 4 atom stereocenters. The summed E-state index contributed by atoms with van der Waals surface area (Å²) < 4.78 is 11.7. The molecule has 3 aliphatic carbocycles. The SMILES string of the molecule is C=C(c1ccc(Oc2ccc3c(c2)CC[C@@H]2[C@@H]3CC[C@]3(C)C(=O)CC[C@@H]23)cc1)c1ccco1. The number of rotatable bonds is 4. The fraction of sp³-hybridized carbons (Fsp3) is 0.367. The summed E-state index contributed by atoms with van der Waals surface area (Å²) in [5.41, 5.74) is 4.73. The first kappa shape index (κ1) is 20.5. The van der Waals surface area contributed by atoms with E-state index in [-0.39, 0.29) is 5.41 Å². The van der Waals surface area contributed by atoms with Crippen molar-refractivity contribution in [2.75, 3.05) is 0 Å². The van der Waals surface area contributed by atoms with Gasteiger partial charge in [-0.1, -0.05) is 31.7 Å². The van der Waals surface area contributed by atoms with E-state index < -0.39 is 0 Å². The quantitative estimate of drug-likeness (QED) is 0.422. The van der Waals surface area contributed by atoms with Crippen molar-refractivity contribution in [2.45, 2.75) is 51.4 Å². The van der Waals surface area contributed by atoms with Crippen molar-refractivity contribution in [2.24, 2.45) is 17.3 Å². The zero-order valence-electron chi connectivity index (χ0n) is 19.2. The Labute approximate surface area is 195 Å². The normalized spacial score (nSPS) is 28.0. The molecule has 3 aliphatic rings. The fourth-order valence-corrected chi connectivity index (χ4v) is 6.85. The predicted molar refractivity (Wildman–Crippen MR) is 129 cm³/mol. The third-order valence-corrected chi connectivity index (χ3v) is 8.66. The largest absolute Gasteiger partial charge is 0.464 e. The monoisotopic (exact) mass is 438 g/mol. The van der Waals surface area contributed by atoms with Gasteiger partial charge in [0.2, 0.25) is 0 Å². The number of benzene rings is 2. The second-order valence-corrected chi connectivity index (χ2v) is 10.3. The number of carbonyl (C=O) groups excluding carboxylic acids is 1. The molecule has 1 aromatic heterocycles. The number of furan rings is 1. The van der Waals surface area contributed by atoms with Crippen molar-refractivity contribution in [1.82, 2.24) is 0 Å². The van der Waals surface area contributed by atoms with E-state index >= 15 is 0 Å². The van der Waals surface area contributed by atoms with Crippen LogP contribution in [0.25, 0.3) is 5.57 Å². The maximum Gasteiger partial charge on any atom is 0.139 e. The molecular formula is C30H30O3. The molecule has 0 N–H and O–H groups in total. The van der Waals surface area contributed by atoms with E-state index in [1.54, 1.807) is 6.26 Å². The summed E-state index contributed by atoms with van der Waals surface area (Å²) in [5.74, 6) is 4.82. The minimum absolute atomic E-state index is 0.0594. The number of Topliss-reactive ketones (excluding diaryl/α,β-unsaturated/α-hetero) is 1. The lowest BCUT2D eigenvalue weighted by Crippen LogP contribution is -2.42. The Morgan fingerprint density at radius 1 is 1.03 bits per heavy atom. The smallest absolute Gasteiger partial charge is 0.139 e. The van der Waals surface area contributed by atoms with Crippen molar-refractivity contribution in [1.29, 1.82) is 0 Å². The summed E-state index contributed by atoms with van der Waals surface area (Å²) >= 11 is 0. The number of ketones is 1. The molecule has 33 heavy (non-hydrogen) atoms.